The largest absolute Gasteiger partial charge is 0.349 e. The van der Waals surface area contributed by atoms with Gasteiger partial charge in [0.1, 0.15) is 0 Å². The molecule has 1 aliphatic rings. The Balaban J connectivity index is 2.64. The van der Waals surface area contributed by atoms with Crippen molar-refractivity contribution in [1.29, 1.82) is 0 Å². The summed E-state index contributed by atoms with van der Waals surface area (Å²) in [5, 5.41) is 4.96. The van der Waals surface area contributed by atoms with Crippen molar-refractivity contribution in [2.45, 2.75) is 32.6 Å². The van der Waals surface area contributed by atoms with Gasteiger partial charge in [0.05, 0.1) is 12.0 Å². The third-order valence-corrected chi connectivity index (χ3v) is 3.55. The SMILES string of the molecule is CC(C)C1(C(=O)NCC(F)(F)C(F)F)CCNC1. The zero-order valence-corrected chi connectivity index (χ0v) is 10.4. The highest BCUT2D eigenvalue weighted by molar-refractivity contribution is 5.83. The third-order valence-electron chi connectivity index (χ3n) is 3.55. The lowest BCUT2D eigenvalue weighted by Crippen LogP contribution is -2.50. The van der Waals surface area contributed by atoms with Gasteiger partial charge in [-0.2, -0.15) is 8.78 Å². The van der Waals surface area contributed by atoms with E-state index in [2.05, 4.69) is 5.32 Å². The van der Waals surface area contributed by atoms with Gasteiger partial charge in [-0.15, -0.1) is 0 Å². The van der Waals surface area contributed by atoms with Gasteiger partial charge >= 0.3 is 12.3 Å². The molecule has 106 valence electrons. The van der Waals surface area contributed by atoms with Gasteiger partial charge in [0.25, 0.3) is 0 Å². The lowest BCUT2D eigenvalue weighted by Gasteiger charge is -2.31. The number of amides is 1. The third kappa shape index (κ3) is 2.93. The summed E-state index contributed by atoms with van der Waals surface area (Å²) < 4.78 is 49.4. The van der Waals surface area contributed by atoms with Gasteiger partial charge in [-0.1, -0.05) is 13.8 Å². The molecular weight excluding hydrogens is 252 g/mol. The highest BCUT2D eigenvalue weighted by Crippen LogP contribution is 2.34. The van der Waals surface area contributed by atoms with Gasteiger partial charge < -0.3 is 10.6 Å². The number of hydrogen-bond acceptors (Lipinski definition) is 2. The first-order valence-corrected chi connectivity index (χ1v) is 5.87. The van der Waals surface area contributed by atoms with Crippen LogP contribution in [0.25, 0.3) is 0 Å². The van der Waals surface area contributed by atoms with E-state index in [0.717, 1.165) is 0 Å². The molecule has 18 heavy (non-hydrogen) atoms. The Morgan fingerprint density at radius 2 is 2.06 bits per heavy atom. The molecule has 0 saturated carbocycles. The molecule has 0 spiro atoms. The first kappa shape index (κ1) is 15.2. The molecule has 3 nitrogen and oxygen atoms in total. The summed E-state index contributed by atoms with van der Waals surface area (Å²) >= 11 is 0. The van der Waals surface area contributed by atoms with Crippen molar-refractivity contribution in [2.75, 3.05) is 19.6 Å². The summed E-state index contributed by atoms with van der Waals surface area (Å²) in [7, 11) is 0. The predicted molar refractivity (Wildman–Crippen MR) is 58.7 cm³/mol. The summed E-state index contributed by atoms with van der Waals surface area (Å²) in [6.07, 6.45) is -3.24. The maximum Gasteiger partial charge on any atom is 0.324 e. The van der Waals surface area contributed by atoms with E-state index in [1.165, 1.54) is 0 Å². The summed E-state index contributed by atoms with van der Waals surface area (Å²) in [6.45, 7) is 3.32. The first-order valence-electron chi connectivity index (χ1n) is 5.87. The van der Waals surface area contributed by atoms with Crippen molar-refractivity contribution >= 4 is 5.91 Å². The van der Waals surface area contributed by atoms with Gasteiger partial charge in [-0.25, -0.2) is 8.78 Å². The molecule has 0 radical (unpaired) electrons. The van der Waals surface area contributed by atoms with Crippen molar-refractivity contribution in [3.05, 3.63) is 0 Å². The normalized spacial score (nSPS) is 24.9. The van der Waals surface area contributed by atoms with Crippen molar-refractivity contribution in [2.24, 2.45) is 11.3 Å². The lowest BCUT2D eigenvalue weighted by molar-refractivity contribution is -0.143. The van der Waals surface area contributed by atoms with Crippen LogP contribution in [0.1, 0.15) is 20.3 Å². The molecule has 1 saturated heterocycles. The number of carbonyl (C=O) groups excluding carboxylic acids is 1. The van der Waals surface area contributed by atoms with Crippen LogP contribution in [0.5, 0.6) is 0 Å². The van der Waals surface area contributed by atoms with Crippen molar-refractivity contribution < 1.29 is 22.4 Å². The summed E-state index contributed by atoms with van der Waals surface area (Å²) in [5.74, 6) is -4.81. The predicted octanol–water partition coefficient (Wildman–Crippen LogP) is 1.64. The van der Waals surface area contributed by atoms with Gasteiger partial charge in [-0.05, 0) is 18.9 Å². The molecule has 1 aliphatic heterocycles. The van der Waals surface area contributed by atoms with E-state index in [1.54, 1.807) is 0 Å². The molecule has 0 bridgehead atoms. The summed E-state index contributed by atoms with van der Waals surface area (Å²) in [6, 6.07) is 0. The molecule has 7 heteroatoms. The van der Waals surface area contributed by atoms with E-state index >= 15 is 0 Å². The Morgan fingerprint density at radius 1 is 1.44 bits per heavy atom. The monoisotopic (exact) mass is 270 g/mol. The molecule has 0 aromatic rings. The van der Waals surface area contributed by atoms with E-state index in [4.69, 9.17) is 0 Å². The quantitative estimate of drug-likeness (QED) is 0.746. The first-order chi connectivity index (χ1) is 8.22. The molecule has 0 aromatic carbocycles. The second kappa shape index (κ2) is 5.42. The number of rotatable bonds is 5. The smallest absolute Gasteiger partial charge is 0.324 e. The van der Waals surface area contributed by atoms with E-state index in [9.17, 15) is 22.4 Å². The zero-order chi connectivity index (χ0) is 14.0. The lowest BCUT2D eigenvalue weighted by atomic mass is 9.75. The second-order valence-electron chi connectivity index (χ2n) is 4.98. The van der Waals surface area contributed by atoms with Gasteiger partial charge in [0.2, 0.25) is 5.91 Å². The minimum absolute atomic E-state index is 0.0485. The highest BCUT2D eigenvalue weighted by atomic mass is 19.3. The average molecular weight is 270 g/mol. The maximum atomic E-state index is 12.7. The fourth-order valence-electron chi connectivity index (χ4n) is 2.11. The molecule has 1 heterocycles. The van der Waals surface area contributed by atoms with Crippen LogP contribution in [0.3, 0.4) is 0 Å². The molecule has 0 aromatic heterocycles. The number of nitrogens with one attached hydrogen (secondary N) is 2. The van der Waals surface area contributed by atoms with Crippen LogP contribution in [0.4, 0.5) is 17.6 Å². The number of alkyl halides is 4. The molecule has 1 unspecified atom stereocenters. The van der Waals surface area contributed by atoms with Crippen LogP contribution in [0, 0.1) is 11.3 Å². The zero-order valence-electron chi connectivity index (χ0n) is 10.4. The topological polar surface area (TPSA) is 41.1 Å². The van der Waals surface area contributed by atoms with Crippen LogP contribution >= 0.6 is 0 Å². The van der Waals surface area contributed by atoms with Crippen molar-refractivity contribution in [3.63, 3.8) is 0 Å². The Kier molecular flexibility index (Phi) is 4.58. The Bertz CT molecular complexity index is 301. The van der Waals surface area contributed by atoms with Gasteiger partial charge in [0, 0.05) is 6.54 Å². The number of hydrogen-bond donors (Lipinski definition) is 2. The van der Waals surface area contributed by atoms with Gasteiger partial charge in [-0.3, -0.25) is 4.79 Å². The number of carbonyl (C=O) groups is 1. The van der Waals surface area contributed by atoms with E-state index < -0.39 is 30.2 Å². The van der Waals surface area contributed by atoms with Gasteiger partial charge in [0.15, 0.2) is 0 Å². The Labute approximate surface area is 103 Å². The van der Waals surface area contributed by atoms with Crippen LogP contribution in [-0.2, 0) is 4.79 Å². The molecule has 0 aliphatic carbocycles. The fraction of sp³-hybridized carbons (Fsp3) is 0.909. The second-order valence-corrected chi connectivity index (χ2v) is 4.98. The molecule has 1 rings (SSSR count). The van der Waals surface area contributed by atoms with Crippen LogP contribution < -0.4 is 10.6 Å². The molecule has 1 fully saturated rings. The van der Waals surface area contributed by atoms with Crippen LogP contribution in [0.2, 0.25) is 0 Å². The minimum atomic E-state index is -4.18. The van der Waals surface area contributed by atoms with E-state index in [1.807, 2.05) is 19.2 Å². The fourth-order valence-corrected chi connectivity index (χ4v) is 2.11. The molecule has 2 N–H and O–H groups in total. The van der Waals surface area contributed by atoms with E-state index in [0.29, 0.717) is 19.5 Å². The van der Waals surface area contributed by atoms with Crippen molar-refractivity contribution in [3.8, 4) is 0 Å². The Morgan fingerprint density at radius 3 is 2.44 bits per heavy atom. The highest BCUT2D eigenvalue weighted by Gasteiger charge is 2.46. The summed E-state index contributed by atoms with van der Waals surface area (Å²) in [5.41, 5.74) is -0.780. The average Bonchev–Trinajstić information content (AvgIpc) is 2.76. The van der Waals surface area contributed by atoms with Crippen LogP contribution in [-0.4, -0.2) is 37.9 Å². The molecule has 1 amide bonds. The summed E-state index contributed by atoms with van der Waals surface area (Å²) in [4.78, 5) is 11.9. The van der Waals surface area contributed by atoms with Crippen molar-refractivity contribution in [1.82, 2.24) is 10.6 Å². The van der Waals surface area contributed by atoms with E-state index in [-0.39, 0.29) is 5.92 Å². The molecular formula is C11H18F4N2O. The maximum absolute atomic E-state index is 12.7. The standard InChI is InChI=1S/C11H18F4N2O/c1-7(2)10(3-4-16-5-10)9(18)17-6-11(14,15)8(12)13/h7-8,16H,3-6H2,1-2H3,(H,17,18). The Hall–Kier alpha value is -0.850. The molecule has 1 atom stereocenters. The number of halogens is 4. The minimum Gasteiger partial charge on any atom is -0.349 e. The van der Waals surface area contributed by atoms with Crippen LogP contribution in [0.15, 0.2) is 0 Å².